The number of ether oxygens (including phenoxy) is 2. The number of fused-ring (bicyclic) bond motifs is 1. The highest BCUT2D eigenvalue weighted by Crippen LogP contribution is 2.34. The maximum absolute atomic E-state index is 5.81. The monoisotopic (exact) mass is 402 g/mol. The van der Waals surface area contributed by atoms with E-state index in [-0.39, 0.29) is 6.01 Å². The summed E-state index contributed by atoms with van der Waals surface area (Å²) < 4.78 is 17.0. The Morgan fingerprint density at radius 2 is 1.83 bits per heavy atom. The molecule has 5 rings (SSSR count). The van der Waals surface area contributed by atoms with Crippen LogP contribution in [0.1, 0.15) is 5.56 Å². The summed E-state index contributed by atoms with van der Waals surface area (Å²) in [5, 5.41) is 14.6. The van der Waals surface area contributed by atoms with Crippen LogP contribution in [0.3, 0.4) is 0 Å². The maximum Gasteiger partial charge on any atom is 0.320 e. The van der Waals surface area contributed by atoms with Crippen LogP contribution in [0, 0.1) is 0 Å². The zero-order valence-electron chi connectivity index (χ0n) is 15.9. The molecule has 0 amide bonds. The minimum Gasteiger partial charge on any atom is -0.486 e. The van der Waals surface area contributed by atoms with Gasteiger partial charge in [0.1, 0.15) is 19.0 Å². The summed E-state index contributed by atoms with van der Waals surface area (Å²) in [4.78, 5) is 8.52. The maximum atomic E-state index is 5.81. The summed E-state index contributed by atoms with van der Waals surface area (Å²) in [5.41, 5.74) is 2.51. The number of hydrogen-bond donors (Lipinski definition) is 2. The molecule has 1 aliphatic rings. The van der Waals surface area contributed by atoms with Gasteiger partial charge in [0, 0.05) is 36.9 Å². The van der Waals surface area contributed by atoms with Gasteiger partial charge in [0.25, 0.3) is 5.89 Å². The summed E-state index contributed by atoms with van der Waals surface area (Å²) in [6.07, 6.45) is 5.25. The minimum absolute atomic E-state index is 0.267. The van der Waals surface area contributed by atoms with E-state index >= 15 is 0 Å². The Morgan fingerprint density at radius 3 is 2.73 bits per heavy atom. The average Bonchev–Trinajstić information content (AvgIpc) is 3.27. The highest BCUT2D eigenvalue weighted by Gasteiger charge is 2.16. The zero-order valence-corrected chi connectivity index (χ0v) is 15.9. The lowest BCUT2D eigenvalue weighted by Gasteiger charge is -2.18. The smallest absolute Gasteiger partial charge is 0.320 e. The van der Waals surface area contributed by atoms with E-state index in [9.17, 15) is 0 Å². The van der Waals surface area contributed by atoms with E-state index < -0.39 is 0 Å². The molecule has 0 unspecified atom stereocenters. The van der Waals surface area contributed by atoms with Crippen molar-refractivity contribution in [3.05, 3.63) is 66.6 Å². The van der Waals surface area contributed by atoms with Crippen molar-refractivity contribution in [1.29, 1.82) is 0 Å². The number of benzene rings is 1. The molecule has 1 aromatic carbocycles. The molecule has 0 saturated carbocycles. The molecule has 1 aliphatic heterocycles. The Hall–Kier alpha value is -4.14. The van der Waals surface area contributed by atoms with E-state index in [0.29, 0.717) is 42.8 Å². The van der Waals surface area contributed by atoms with Gasteiger partial charge in [0.15, 0.2) is 11.5 Å². The van der Waals surface area contributed by atoms with Crippen molar-refractivity contribution in [3.8, 4) is 23.0 Å². The lowest BCUT2D eigenvalue weighted by atomic mass is 10.2. The van der Waals surface area contributed by atoms with E-state index in [4.69, 9.17) is 13.9 Å². The largest absolute Gasteiger partial charge is 0.486 e. The number of nitrogens with zero attached hydrogens (tertiary/aromatic N) is 4. The van der Waals surface area contributed by atoms with Crippen LogP contribution in [0.15, 0.2) is 65.5 Å². The first-order valence-electron chi connectivity index (χ1n) is 9.43. The highest BCUT2D eigenvalue weighted by molar-refractivity contribution is 5.69. The fourth-order valence-electron chi connectivity index (χ4n) is 3.03. The van der Waals surface area contributed by atoms with Gasteiger partial charge >= 0.3 is 6.01 Å². The fraction of sp³-hybridized carbons (Fsp3) is 0.143. The van der Waals surface area contributed by atoms with Gasteiger partial charge in [0.2, 0.25) is 0 Å². The molecule has 0 spiro atoms. The summed E-state index contributed by atoms with van der Waals surface area (Å²) in [6, 6.07) is 13.4. The number of anilines is 3. The Kier molecular flexibility index (Phi) is 4.83. The average molecular weight is 402 g/mol. The number of nitrogens with one attached hydrogen (secondary N) is 2. The van der Waals surface area contributed by atoms with Gasteiger partial charge in [-0.05, 0) is 35.9 Å². The predicted molar refractivity (Wildman–Crippen MR) is 110 cm³/mol. The summed E-state index contributed by atoms with van der Waals surface area (Å²) >= 11 is 0. The van der Waals surface area contributed by atoms with Gasteiger partial charge in [-0.15, -0.1) is 5.10 Å². The van der Waals surface area contributed by atoms with Crippen molar-refractivity contribution >= 4 is 17.5 Å². The van der Waals surface area contributed by atoms with Crippen molar-refractivity contribution < 1.29 is 13.9 Å². The molecule has 0 saturated heterocycles. The molecule has 0 atom stereocenters. The molecule has 0 radical (unpaired) electrons. The Balaban J connectivity index is 1.33. The molecular formula is C21H18N6O3. The first-order valence-corrected chi connectivity index (χ1v) is 9.43. The molecular weight excluding hydrogens is 384 g/mol. The first kappa shape index (κ1) is 17.9. The van der Waals surface area contributed by atoms with E-state index in [0.717, 1.165) is 17.0 Å². The van der Waals surface area contributed by atoms with Gasteiger partial charge in [0.05, 0.1) is 5.56 Å². The molecule has 0 aliphatic carbocycles. The topological polar surface area (TPSA) is 107 Å². The number of aromatic nitrogens is 4. The molecule has 2 N–H and O–H groups in total. The normalized spacial score (nSPS) is 12.4. The van der Waals surface area contributed by atoms with E-state index in [2.05, 4.69) is 30.8 Å². The summed E-state index contributed by atoms with van der Waals surface area (Å²) in [6.45, 7) is 1.65. The molecule has 30 heavy (non-hydrogen) atoms. The highest BCUT2D eigenvalue weighted by atomic mass is 16.6. The number of hydrogen-bond acceptors (Lipinski definition) is 9. The molecule has 150 valence electrons. The van der Waals surface area contributed by atoms with Crippen LogP contribution in [0.2, 0.25) is 0 Å². The van der Waals surface area contributed by atoms with Gasteiger partial charge in [-0.1, -0.05) is 11.2 Å². The van der Waals surface area contributed by atoms with Crippen LogP contribution in [0.5, 0.6) is 11.5 Å². The Labute approximate surface area is 172 Å². The molecule has 0 fully saturated rings. The van der Waals surface area contributed by atoms with Crippen LogP contribution in [0.25, 0.3) is 11.5 Å². The third-order valence-corrected chi connectivity index (χ3v) is 4.44. The third-order valence-electron chi connectivity index (χ3n) is 4.44. The second-order valence-corrected chi connectivity index (χ2v) is 6.51. The standard InChI is InChI=1S/C21H18N6O3/c1-3-14(12-22-7-1)13-24-19-16(4-2-8-23-19)20-26-27-21(30-20)25-15-5-6-17-18(11-15)29-10-9-28-17/h1-8,11-12H,9-10,13H2,(H,23,24)(H,25,27). The minimum atomic E-state index is 0.267. The van der Waals surface area contributed by atoms with Crippen molar-refractivity contribution in [1.82, 2.24) is 20.2 Å². The SMILES string of the molecule is c1cncc(CNc2ncccc2-c2nnc(Nc3ccc4c(c3)OCCO4)o2)c1. The third kappa shape index (κ3) is 3.86. The predicted octanol–water partition coefficient (Wildman–Crippen LogP) is 3.65. The van der Waals surface area contributed by atoms with Gasteiger partial charge < -0.3 is 24.5 Å². The molecule has 0 bridgehead atoms. The lowest BCUT2D eigenvalue weighted by molar-refractivity contribution is 0.171. The van der Waals surface area contributed by atoms with Crippen LogP contribution in [-0.2, 0) is 6.54 Å². The molecule has 4 aromatic rings. The van der Waals surface area contributed by atoms with Crippen LogP contribution < -0.4 is 20.1 Å². The number of rotatable bonds is 6. The van der Waals surface area contributed by atoms with Gasteiger partial charge in [-0.3, -0.25) is 4.98 Å². The van der Waals surface area contributed by atoms with Crippen LogP contribution in [0.4, 0.5) is 17.5 Å². The van der Waals surface area contributed by atoms with Crippen molar-refractivity contribution in [3.63, 3.8) is 0 Å². The van der Waals surface area contributed by atoms with E-state index in [1.54, 1.807) is 18.6 Å². The van der Waals surface area contributed by atoms with Crippen molar-refractivity contribution in [2.24, 2.45) is 0 Å². The summed E-state index contributed by atoms with van der Waals surface area (Å²) in [5.74, 6) is 2.41. The van der Waals surface area contributed by atoms with Crippen molar-refractivity contribution in [2.75, 3.05) is 23.8 Å². The number of pyridine rings is 2. The quantitative estimate of drug-likeness (QED) is 0.499. The van der Waals surface area contributed by atoms with Crippen molar-refractivity contribution in [2.45, 2.75) is 6.54 Å². The van der Waals surface area contributed by atoms with E-state index in [1.807, 2.05) is 42.5 Å². The Morgan fingerprint density at radius 1 is 0.933 bits per heavy atom. The first-order chi connectivity index (χ1) is 14.8. The van der Waals surface area contributed by atoms with Crippen LogP contribution >= 0.6 is 0 Å². The van der Waals surface area contributed by atoms with E-state index in [1.165, 1.54) is 0 Å². The van der Waals surface area contributed by atoms with Gasteiger partial charge in [-0.25, -0.2) is 4.98 Å². The molecule has 9 heteroatoms. The summed E-state index contributed by atoms with van der Waals surface area (Å²) in [7, 11) is 0. The zero-order chi connectivity index (χ0) is 20.2. The molecule has 9 nitrogen and oxygen atoms in total. The van der Waals surface area contributed by atoms with Gasteiger partial charge in [-0.2, -0.15) is 0 Å². The second-order valence-electron chi connectivity index (χ2n) is 6.51. The fourth-order valence-corrected chi connectivity index (χ4v) is 3.03. The molecule has 3 aromatic heterocycles. The molecule has 4 heterocycles. The Bertz CT molecular complexity index is 1150. The van der Waals surface area contributed by atoms with Crippen LogP contribution in [-0.4, -0.2) is 33.4 Å². The second kappa shape index (κ2) is 8.08. The lowest BCUT2D eigenvalue weighted by Crippen LogP contribution is -2.15.